The van der Waals surface area contributed by atoms with Crippen molar-refractivity contribution in [3.63, 3.8) is 0 Å². The van der Waals surface area contributed by atoms with Crippen molar-refractivity contribution in [2.24, 2.45) is 0 Å². The molecule has 0 aromatic carbocycles. The van der Waals surface area contributed by atoms with E-state index in [0.29, 0.717) is 41.7 Å². The van der Waals surface area contributed by atoms with Gasteiger partial charge in [0.25, 0.3) is 11.8 Å². The summed E-state index contributed by atoms with van der Waals surface area (Å²) in [5.74, 6) is 0.837. The molecule has 9 nitrogen and oxygen atoms in total. The molecule has 0 spiro atoms. The molecular weight excluding hydrogens is 416 g/mol. The zero-order valence-corrected chi connectivity index (χ0v) is 17.7. The predicted octanol–water partition coefficient (Wildman–Crippen LogP) is 3.02. The van der Waals surface area contributed by atoms with Crippen molar-refractivity contribution >= 4 is 22.9 Å². The van der Waals surface area contributed by atoms with Crippen LogP contribution in [-0.2, 0) is 13.1 Å². The lowest BCUT2D eigenvalue weighted by Crippen LogP contribution is -2.22. The molecule has 0 N–H and O–H groups in total. The monoisotopic (exact) mass is 434 g/mol. The Hall–Kier alpha value is -3.79. The Labute approximate surface area is 181 Å². The maximum atomic E-state index is 12.9. The van der Waals surface area contributed by atoms with Gasteiger partial charge in [0.05, 0.1) is 67.3 Å². The quantitative estimate of drug-likeness (QED) is 0.460. The SMILES string of the molecule is COc1cc(-c2ccc3c(n2)CN(c2cnn(Cc4cscn4)c2)C3=O)cnc1OC. The Morgan fingerprint density at radius 2 is 2.06 bits per heavy atom. The maximum Gasteiger partial charge on any atom is 0.260 e. The minimum absolute atomic E-state index is 0.0901. The highest BCUT2D eigenvalue weighted by molar-refractivity contribution is 7.07. The van der Waals surface area contributed by atoms with E-state index < -0.39 is 0 Å². The first-order chi connectivity index (χ1) is 15.2. The molecule has 1 aliphatic rings. The summed E-state index contributed by atoms with van der Waals surface area (Å²) in [6.07, 6.45) is 5.21. The van der Waals surface area contributed by atoms with Gasteiger partial charge in [-0.2, -0.15) is 5.10 Å². The smallest absolute Gasteiger partial charge is 0.260 e. The van der Waals surface area contributed by atoms with Crippen LogP contribution in [0.2, 0.25) is 0 Å². The van der Waals surface area contributed by atoms with E-state index in [4.69, 9.17) is 14.5 Å². The largest absolute Gasteiger partial charge is 0.491 e. The van der Waals surface area contributed by atoms with E-state index >= 15 is 0 Å². The minimum atomic E-state index is -0.0901. The number of carbonyl (C=O) groups excluding carboxylic acids is 1. The first kappa shape index (κ1) is 19.2. The number of anilines is 1. The lowest BCUT2D eigenvalue weighted by Gasteiger charge is -2.11. The molecule has 1 amide bonds. The van der Waals surface area contributed by atoms with Gasteiger partial charge >= 0.3 is 0 Å². The van der Waals surface area contributed by atoms with Crippen LogP contribution in [0.5, 0.6) is 11.6 Å². The number of thiazole rings is 1. The number of aromatic nitrogens is 5. The average molecular weight is 434 g/mol. The number of methoxy groups -OCH3 is 2. The van der Waals surface area contributed by atoms with Crippen LogP contribution in [0.1, 0.15) is 21.7 Å². The summed E-state index contributed by atoms with van der Waals surface area (Å²) in [7, 11) is 3.10. The van der Waals surface area contributed by atoms with Crippen LogP contribution in [0.4, 0.5) is 5.69 Å². The lowest BCUT2D eigenvalue weighted by molar-refractivity contribution is 0.0996. The summed E-state index contributed by atoms with van der Waals surface area (Å²) >= 11 is 1.54. The summed E-state index contributed by atoms with van der Waals surface area (Å²) in [6.45, 7) is 0.943. The number of rotatable bonds is 6. The van der Waals surface area contributed by atoms with Crippen LogP contribution in [0, 0.1) is 0 Å². The predicted molar refractivity (Wildman–Crippen MR) is 115 cm³/mol. The van der Waals surface area contributed by atoms with Crippen molar-refractivity contribution in [1.29, 1.82) is 0 Å². The average Bonchev–Trinajstić information content (AvgIpc) is 3.54. The van der Waals surface area contributed by atoms with Gasteiger partial charge in [0.1, 0.15) is 0 Å². The summed E-state index contributed by atoms with van der Waals surface area (Å²) in [6, 6.07) is 5.43. The summed E-state index contributed by atoms with van der Waals surface area (Å²) in [5, 5.41) is 6.35. The van der Waals surface area contributed by atoms with E-state index in [1.54, 1.807) is 52.0 Å². The number of nitrogens with zero attached hydrogens (tertiary/aromatic N) is 6. The lowest BCUT2D eigenvalue weighted by atomic mass is 10.1. The number of hydrogen-bond donors (Lipinski definition) is 0. The van der Waals surface area contributed by atoms with E-state index in [2.05, 4.69) is 15.1 Å². The molecule has 31 heavy (non-hydrogen) atoms. The molecule has 0 aliphatic carbocycles. The van der Waals surface area contributed by atoms with Gasteiger partial charge in [-0.25, -0.2) is 9.97 Å². The Bertz CT molecular complexity index is 1250. The van der Waals surface area contributed by atoms with E-state index in [1.807, 2.05) is 23.7 Å². The second-order valence-electron chi connectivity index (χ2n) is 6.89. The zero-order valence-electron chi connectivity index (χ0n) is 16.8. The molecule has 1 aliphatic heterocycles. The van der Waals surface area contributed by atoms with Crippen molar-refractivity contribution < 1.29 is 14.3 Å². The van der Waals surface area contributed by atoms with Gasteiger partial charge in [0, 0.05) is 23.3 Å². The van der Waals surface area contributed by atoms with Crippen molar-refractivity contribution in [2.75, 3.05) is 19.1 Å². The van der Waals surface area contributed by atoms with Crippen LogP contribution in [0.25, 0.3) is 11.3 Å². The summed E-state index contributed by atoms with van der Waals surface area (Å²) < 4.78 is 12.3. The molecular formula is C21H18N6O3S. The molecule has 156 valence electrons. The number of hydrogen-bond acceptors (Lipinski definition) is 8. The number of pyridine rings is 2. The standard InChI is InChI=1S/C21H18N6O3S/c1-29-19-5-13(6-22-20(19)30-2)17-4-3-16-18(25-17)10-27(21(16)28)15-7-24-26(9-15)8-14-11-31-12-23-14/h3-7,9,11-12H,8,10H2,1-2H3. The van der Waals surface area contributed by atoms with Crippen LogP contribution in [-0.4, -0.2) is 44.9 Å². The molecule has 0 saturated carbocycles. The Morgan fingerprint density at radius 3 is 2.84 bits per heavy atom. The fourth-order valence-electron chi connectivity index (χ4n) is 3.48. The van der Waals surface area contributed by atoms with Crippen molar-refractivity contribution in [3.05, 3.63) is 64.6 Å². The minimum Gasteiger partial charge on any atom is -0.491 e. The van der Waals surface area contributed by atoms with E-state index in [9.17, 15) is 4.79 Å². The Morgan fingerprint density at radius 1 is 1.16 bits per heavy atom. The van der Waals surface area contributed by atoms with E-state index in [1.165, 1.54) is 7.11 Å². The second-order valence-corrected chi connectivity index (χ2v) is 7.61. The fourth-order valence-corrected chi connectivity index (χ4v) is 4.03. The topological polar surface area (TPSA) is 95.3 Å². The summed E-state index contributed by atoms with van der Waals surface area (Å²) in [4.78, 5) is 27.9. The normalized spacial score (nSPS) is 12.8. The van der Waals surface area contributed by atoms with Crippen LogP contribution in [0.3, 0.4) is 0 Å². The molecule has 0 saturated heterocycles. The molecule has 0 bridgehead atoms. The first-order valence-corrected chi connectivity index (χ1v) is 10.4. The van der Waals surface area contributed by atoms with Gasteiger partial charge in [-0.05, 0) is 18.2 Å². The highest BCUT2D eigenvalue weighted by Crippen LogP contribution is 2.32. The van der Waals surface area contributed by atoms with Crippen LogP contribution >= 0.6 is 11.3 Å². The third kappa shape index (κ3) is 3.50. The number of carbonyl (C=O) groups is 1. The Kier molecular flexibility index (Phi) is 4.83. The molecule has 0 atom stereocenters. The summed E-state index contributed by atoms with van der Waals surface area (Å²) in [5.41, 5.74) is 6.24. The first-order valence-electron chi connectivity index (χ1n) is 9.46. The highest BCUT2D eigenvalue weighted by atomic mass is 32.1. The van der Waals surface area contributed by atoms with Gasteiger partial charge in [-0.3, -0.25) is 19.4 Å². The van der Waals surface area contributed by atoms with Gasteiger partial charge in [0.15, 0.2) is 5.75 Å². The second kappa shape index (κ2) is 7.80. The molecule has 0 unspecified atom stereocenters. The van der Waals surface area contributed by atoms with Gasteiger partial charge in [-0.15, -0.1) is 11.3 Å². The molecule has 4 aromatic heterocycles. The van der Waals surface area contributed by atoms with Crippen LogP contribution < -0.4 is 14.4 Å². The molecule has 5 rings (SSSR count). The molecule has 0 fully saturated rings. The van der Waals surface area contributed by atoms with Gasteiger partial charge in [-0.1, -0.05) is 0 Å². The third-order valence-corrected chi connectivity index (χ3v) is 5.66. The zero-order chi connectivity index (χ0) is 21.4. The maximum absolute atomic E-state index is 12.9. The number of fused-ring (bicyclic) bond motifs is 1. The van der Waals surface area contributed by atoms with Crippen molar-refractivity contribution in [3.8, 4) is 22.9 Å². The molecule has 0 radical (unpaired) electrons. The third-order valence-electron chi connectivity index (χ3n) is 5.02. The molecule has 10 heteroatoms. The van der Waals surface area contributed by atoms with Crippen LogP contribution in [0.15, 0.2) is 47.7 Å². The van der Waals surface area contributed by atoms with E-state index in [0.717, 1.165) is 16.9 Å². The Balaban J connectivity index is 1.40. The fraction of sp³-hybridized carbons (Fsp3) is 0.190. The van der Waals surface area contributed by atoms with Gasteiger partial charge < -0.3 is 9.47 Å². The number of amides is 1. The molecule has 4 aromatic rings. The van der Waals surface area contributed by atoms with Crippen molar-refractivity contribution in [2.45, 2.75) is 13.1 Å². The van der Waals surface area contributed by atoms with Gasteiger partial charge in [0.2, 0.25) is 0 Å². The number of ether oxygens (including phenoxy) is 2. The molecule has 5 heterocycles. The van der Waals surface area contributed by atoms with Crippen molar-refractivity contribution in [1.82, 2.24) is 24.7 Å². The van der Waals surface area contributed by atoms with E-state index in [-0.39, 0.29) is 5.91 Å². The highest BCUT2D eigenvalue weighted by Gasteiger charge is 2.31.